The summed E-state index contributed by atoms with van der Waals surface area (Å²) in [4.78, 5) is 11.7. The Balaban J connectivity index is 1.83. The van der Waals surface area contributed by atoms with Crippen molar-refractivity contribution in [3.8, 4) is 11.7 Å². The summed E-state index contributed by atoms with van der Waals surface area (Å²) in [5, 5.41) is 13.9. The third-order valence-electron chi connectivity index (χ3n) is 3.01. The summed E-state index contributed by atoms with van der Waals surface area (Å²) in [6.45, 7) is -0.270. The van der Waals surface area contributed by atoms with Crippen LogP contribution in [0.15, 0.2) is 50.2 Å². The fraction of sp³-hybridized carbons (Fsp3) is 0.143. The minimum absolute atomic E-state index is 0.0347. The van der Waals surface area contributed by atoms with Crippen LogP contribution in [0, 0.1) is 11.6 Å². The van der Waals surface area contributed by atoms with Crippen LogP contribution in [0.1, 0.15) is 11.7 Å². The van der Waals surface area contributed by atoms with Gasteiger partial charge in [-0.05, 0) is 29.8 Å². The Kier molecular flexibility index (Phi) is 3.60. The van der Waals surface area contributed by atoms with Gasteiger partial charge in [0, 0.05) is 0 Å². The van der Waals surface area contributed by atoms with Crippen LogP contribution in [0.2, 0.25) is 0 Å². The van der Waals surface area contributed by atoms with Crippen LogP contribution in [-0.4, -0.2) is 14.9 Å². The molecule has 0 amide bonds. The van der Waals surface area contributed by atoms with Crippen molar-refractivity contribution in [1.82, 2.24) is 9.78 Å². The van der Waals surface area contributed by atoms with Crippen LogP contribution in [-0.2, 0) is 6.54 Å². The number of hydrogen-bond acceptors (Lipinski definition) is 5. The quantitative estimate of drug-likeness (QED) is 0.798. The lowest BCUT2D eigenvalue weighted by atomic mass is 10.1. The first-order valence-electron chi connectivity index (χ1n) is 6.29. The van der Waals surface area contributed by atoms with E-state index in [1.165, 1.54) is 12.3 Å². The molecule has 0 bridgehead atoms. The van der Waals surface area contributed by atoms with Gasteiger partial charge >= 0.3 is 5.76 Å². The van der Waals surface area contributed by atoms with Gasteiger partial charge in [0.25, 0.3) is 5.89 Å². The zero-order valence-corrected chi connectivity index (χ0v) is 11.1. The lowest BCUT2D eigenvalue weighted by Gasteiger charge is -2.09. The van der Waals surface area contributed by atoms with E-state index >= 15 is 0 Å². The Bertz CT molecular complexity index is 839. The highest BCUT2D eigenvalue weighted by atomic mass is 19.2. The molecule has 0 aliphatic heterocycles. The molecule has 6 nitrogen and oxygen atoms in total. The topological polar surface area (TPSA) is 81.4 Å². The van der Waals surface area contributed by atoms with E-state index in [9.17, 15) is 18.7 Å². The first-order chi connectivity index (χ1) is 10.5. The second kappa shape index (κ2) is 5.57. The van der Waals surface area contributed by atoms with E-state index in [1.807, 2.05) is 0 Å². The number of aromatic nitrogens is 2. The highest BCUT2D eigenvalue weighted by molar-refractivity contribution is 5.42. The van der Waals surface area contributed by atoms with Crippen molar-refractivity contribution < 1.29 is 22.7 Å². The molecule has 0 radical (unpaired) electrons. The van der Waals surface area contributed by atoms with Crippen molar-refractivity contribution in [2.75, 3.05) is 0 Å². The molecule has 0 fully saturated rings. The number of aliphatic hydroxyl groups is 1. The molecule has 1 unspecified atom stereocenters. The Morgan fingerprint density at radius 3 is 2.77 bits per heavy atom. The lowest BCUT2D eigenvalue weighted by molar-refractivity contribution is 0.148. The van der Waals surface area contributed by atoms with Gasteiger partial charge in [0.15, 0.2) is 17.4 Å². The van der Waals surface area contributed by atoms with Crippen LogP contribution in [0.4, 0.5) is 8.78 Å². The van der Waals surface area contributed by atoms with Crippen LogP contribution in [0.3, 0.4) is 0 Å². The van der Waals surface area contributed by atoms with Crippen LogP contribution in [0.5, 0.6) is 0 Å². The maximum Gasteiger partial charge on any atom is 0.437 e. The highest BCUT2D eigenvalue weighted by Gasteiger charge is 2.17. The molecule has 0 aliphatic rings. The molecule has 1 aromatic carbocycles. The molecule has 0 spiro atoms. The molecule has 2 aromatic heterocycles. The number of furan rings is 1. The Morgan fingerprint density at radius 2 is 2.09 bits per heavy atom. The normalized spacial score (nSPS) is 12.5. The summed E-state index contributed by atoms with van der Waals surface area (Å²) in [6, 6.07) is 6.14. The summed E-state index contributed by atoms with van der Waals surface area (Å²) >= 11 is 0. The van der Waals surface area contributed by atoms with Gasteiger partial charge in [0.1, 0.15) is 0 Å². The van der Waals surface area contributed by atoms with Crippen molar-refractivity contribution >= 4 is 0 Å². The standard InChI is InChI=1S/C14H10F2N2O4/c15-9-4-3-8(6-10(9)16)11(19)7-18-14(20)22-13(17-18)12-2-1-5-21-12/h1-6,11,19H,7H2. The third-order valence-corrected chi connectivity index (χ3v) is 3.01. The molecule has 0 saturated heterocycles. The minimum atomic E-state index is -1.25. The zero-order chi connectivity index (χ0) is 15.7. The number of aliphatic hydroxyl groups excluding tert-OH is 1. The van der Waals surface area contributed by atoms with Crippen molar-refractivity contribution in [3.05, 3.63) is 64.3 Å². The molecule has 2 heterocycles. The first-order valence-corrected chi connectivity index (χ1v) is 6.29. The third kappa shape index (κ3) is 2.68. The zero-order valence-electron chi connectivity index (χ0n) is 11.1. The highest BCUT2D eigenvalue weighted by Crippen LogP contribution is 2.19. The van der Waals surface area contributed by atoms with E-state index < -0.39 is 23.5 Å². The fourth-order valence-corrected chi connectivity index (χ4v) is 1.91. The van der Waals surface area contributed by atoms with Gasteiger partial charge in [0.2, 0.25) is 0 Å². The largest absolute Gasteiger partial charge is 0.459 e. The van der Waals surface area contributed by atoms with Gasteiger partial charge in [0.05, 0.1) is 18.9 Å². The predicted molar refractivity (Wildman–Crippen MR) is 69.8 cm³/mol. The average Bonchev–Trinajstić information content (AvgIpc) is 3.12. The Labute approximate surface area is 122 Å². The molecule has 0 aliphatic carbocycles. The van der Waals surface area contributed by atoms with E-state index in [1.54, 1.807) is 12.1 Å². The van der Waals surface area contributed by atoms with Crippen molar-refractivity contribution in [1.29, 1.82) is 0 Å². The molecule has 8 heteroatoms. The van der Waals surface area contributed by atoms with Gasteiger partial charge in [-0.1, -0.05) is 6.07 Å². The molecule has 22 heavy (non-hydrogen) atoms. The summed E-state index contributed by atoms with van der Waals surface area (Å²) in [5.41, 5.74) is 0.119. The monoisotopic (exact) mass is 308 g/mol. The molecule has 114 valence electrons. The van der Waals surface area contributed by atoms with Crippen molar-refractivity contribution in [3.63, 3.8) is 0 Å². The van der Waals surface area contributed by atoms with Crippen LogP contribution in [0.25, 0.3) is 11.7 Å². The van der Waals surface area contributed by atoms with E-state index in [0.29, 0.717) is 0 Å². The molecule has 3 rings (SSSR count). The van der Waals surface area contributed by atoms with E-state index in [4.69, 9.17) is 8.83 Å². The van der Waals surface area contributed by atoms with Crippen LogP contribution < -0.4 is 5.76 Å². The number of halogens is 2. The molecular weight excluding hydrogens is 298 g/mol. The first kappa shape index (κ1) is 14.2. The number of benzene rings is 1. The van der Waals surface area contributed by atoms with Crippen molar-refractivity contribution in [2.24, 2.45) is 0 Å². The van der Waals surface area contributed by atoms with Crippen LogP contribution >= 0.6 is 0 Å². The molecule has 0 saturated carbocycles. The molecular formula is C14H10F2N2O4. The molecule has 1 N–H and O–H groups in total. The van der Waals surface area contributed by atoms with E-state index in [-0.39, 0.29) is 23.8 Å². The molecule has 1 atom stereocenters. The number of hydrogen-bond donors (Lipinski definition) is 1. The second-order valence-electron chi connectivity index (χ2n) is 4.52. The van der Waals surface area contributed by atoms with E-state index in [2.05, 4.69) is 5.10 Å². The summed E-state index contributed by atoms with van der Waals surface area (Å²) in [5.74, 6) is -2.67. The van der Waals surface area contributed by atoms with E-state index in [0.717, 1.165) is 16.8 Å². The van der Waals surface area contributed by atoms with Crippen molar-refractivity contribution in [2.45, 2.75) is 12.6 Å². The summed E-state index contributed by atoms with van der Waals surface area (Å²) in [7, 11) is 0. The van der Waals surface area contributed by atoms with Gasteiger partial charge < -0.3 is 13.9 Å². The van der Waals surface area contributed by atoms with Gasteiger partial charge in [-0.2, -0.15) is 4.68 Å². The SMILES string of the molecule is O=c1oc(-c2ccco2)nn1CC(O)c1ccc(F)c(F)c1. The predicted octanol–water partition coefficient (Wildman–Crippen LogP) is 2.11. The Morgan fingerprint density at radius 1 is 1.27 bits per heavy atom. The van der Waals surface area contributed by atoms with Gasteiger partial charge in [-0.15, -0.1) is 5.10 Å². The minimum Gasteiger partial charge on any atom is -0.459 e. The average molecular weight is 308 g/mol. The smallest absolute Gasteiger partial charge is 0.437 e. The number of rotatable bonds is 4. The number of nitrogens with zero attached hydrogens (tertiary/aromatic N) is 2. The molecule has 3 aromatic rings. The van der Waals surface area contributed by atoms with Gasteiger partial charge in [-0.25, -0.2) is 13.6 Å². The lowest BCUT2D eigenvalue weighted by Crippen LogP contribution is -2.20. The second-order valence-corrected chi connectivity index (χ2v) is 4.52. The summed E-state index contributed by atoms with van der Waals surface area (Å²) < 4.78 is 36.8. The Hall–Kier alpha value is -2.74. The maximum atomic E-state index is 13.1. The summed E-state index contributed by atoms with van der Waals surface area (Å²) in [6.07, 6.45) is 0.146. The van der Waals surface area contributed by atoms with Gasteiger partial charge in [-0.3, -0.25) is 0 Å². The fourth-order valence-electron chi connectivity index (χ4n) is 1.91. The maximum absolute atomic E-state index is 13.1.